The Kier molecular flexibility index (Phi) is 6.95. The van der Waals surface area contributed by atoms with Gasteiger partial charge in [-0.1, -0.05) is 29.5 Å². The monoisotopic (exact) mass is 522 g/mol. The number of aromatic nitrogens is 4. The summed E-state index contributed by atoms with van der Waals surface area (Å²) in [6.07, 6.45) is 4.59. The van der Waals surface area contributed by atoms with Crippen LogP contribution in [0.4, 0.5) is 0 Å². The summed E-state index contributed by atoms with van der Waals surface area (Å²) in [5.41, 5.74) is 2.16. The van der Waals surface area contributed by atoms with Crippen molar-refractivity contribution >= 4 is 38.1 Å². The molecule has 1 fully saturated rings. The maximum absolute atomic E-state index is 13.5. The van der Waals surface area contributed by atoms with Crippen LogP contribution in [-0.2, 0) is 16.4 Å². The van der Waals surface area contributed by atoms with Gasteiger partial charge in [0.2, 0.25) is 9.84 Å². The second-order valence-corrected chi connectivity index (χ2v) is 12.0. The fourth-order valence-corrected chi connectivity index (χ4v) is 7.60. The SMILES string of the molecule is C=CC(N1CCC(n2nnc3ccccc32)CC1)S(=O)(=O)c1ccc(CNC(=O)c2ccccn2)s1. The van der Waals surface area contributed by atoms with Gasteiger partial charge < -0.3 is 5.32 Å². The first-order valence-corrected chi connectivity index (χ1v) is 14.0. The van der Waals surface area contributed by atoms with Crippen LogP contribution in [-0.4, -0.2) is 57.7 Å². The van der Waals surface area contributed by atoms with E-state index in [1.807, 2.05) is 33.8 Å². The van der Waals surface area contributed by atoms with Crippen LogP contribution in [0.25, 0.3) is 11.0 Å². The largest absolute Gasteiger partial charge is 0.346 e. The van der Waals surface area contributed by atoms with E-state index in [0.29, 0.717) is 18.8 Å². The lowest BCUT2D eigenvalue weighted by molar-refractivity contribution is 0.0946. The van der Waals surface area contributed by atoms with E-state index in [4.69, 9.17) is 0 Å². The summed E-state index contributed by atoms with van der Waals surface area (Å²) in [7, 11) is -3.66. The number of carbonyl (C=O) groups is 1. The Morgan fingerprint density at radius 1 is 1.14 bits per heavy atom. The molecule has 1 aliphatic rings. The summed E-state index contributed by atoms with van der Waals surface area (Å²) >= 11 is 1.16. The maximum Gasteiger partial charge on any atom is 0.270 e. The molecule has 1 aliphatic heterocycles. The summed E-state index contributed by atoms with van der Waals surface area (Å²) < 4.78 is 29.2. The molecular formula is C25H26N6O3S2. The van der Waals surface area contributed by atoms with Crippen LogP contribution >= 0.6 is 11.3 Å². The van der Waals surface area contributed by atoms with E-state index in [2.05, 4.69) is 27.2 Å². The van der Waals surface area contributed by atoms with E-state index < -0.39 is 15.2 Å². The number of rotatable bonds is 8. The molecule has 4 aromatic rings. The minimum Gasteiger partial charge on any atom is -0.346 e. The second-order valence-electron chi connectivity index (χ2n) is 8.58. The van der Waals surface area contributed by atoms with Gasteiger partial charge in [0.05, 0.1) is 18.1 Å². The van der Waals surface area contributed by atoms with Crippen molar-refractivity contribution in [3.8, 4) is 0 Å². The average molecular weight is 523 g/mol. The van der Waals surface area contributed by atoms with Gasteiger partial charge in [0, 0.05) is 24.2 Å². The number of carbonyl (C=O) groups excluding carboxylic acids is 1. The van der Waals surface area contributed by atoms with Gasteiger partial charge in [-0.15, -0.1) is 23.0 Å². The van der Waals surface area contributed by atoms with Gasteiger partial charge in [-0.3, -0.25) is 14.7 Å². The molecule has 9 nitrogen and oxygen atoms in total. The number of thiophene rings is 1. The summed E-state index contributed by atoms with van der Waals surface area (Å²) in [5, 5.41) is 10.6. The zero-order valence-electron chi connectivity index (χ0n) is 19.5. The van der Waals surface area contributed by atoms with E-state index in [1.165, 1.54) is 6.08 Å². The Hall–Kier alpha value is -3.41. The molecule has 1 saturated heterocycles. The number of fused-ring (bicyclic) bond motifs is 1. The Morgan fingerprint density at radius 2 is 1.92 bits per heavy atom. The molecule has 11 heteroatoms. The topological polar surface area (TPSA) is 110 Å². The molecule has 0 radical (unpaired) electrons. The van der Waals surface area contributed by atoms with Gasteiger partial charge in [0.15, 0.2) is 0 Å². The lowest BCUT2D eigenvalue weighted by Gasteiger charge is -2.35. The summed E-state index contributed by atoms with van der Waals surface area (Å²) in [4.78, 5) is 19.0. The van der Waals surface area contributed by atoms with Gasteiger partial charge in [-0.05, 0) is 49.2 Å². The maximum atomic E-state index is 13.5. The van der Waals surface area contributed by atoms with Crippen LogP contribution in [0.1, 0.15) is 34.2 Å². The predicted octanol–water partition coefficient (Wildman–Crippen LogP) is 3.44. The first kappa shape index (κ1) is 24.3. The van der Waals surface area contributed by atoms with Gasteiger partial charge in [0.1, 0.15) is 20.8 Å². The zero-order valence-corrected chi connectivity index (χ0v) is 21.2. The number of likely N-dealkylation sites (tertiary alicyclic amines) is 1. The molecule has 5 rings (SSSR count). The predicted molar refractivity (Wildman–Crippen MR) is 138 cm³/mol. The normalized spacial score (nSPS) is 16.1. The van der Waals surface area contributed by atoms with Crippen LogP contribution in [0.3, 0.4) is 0 Å². The highest BCUT2D eigenvalue weighted by molar-refractivity contribution is 7.94. The van der Waals surface area contributed by atoms with Gasteiger partial charge in [-0.2, -0.15) is 0 Å². The van der Waals surface area contributed by atoms with Crippen molar-refractivity contribution in [3.05, 3.63) is 84.0 Å². The second kappa shape index (κ2) is 10.3. The van der Waals surface area contributed by atoms with Crippen LogP contribution in [0.2, 0.25) is 0 Å². The number of nitrogens with zero attached hydrogens (tertiary/aromatic N) is 5. The van der Waals surface area contributed by atoms with E-state index in [1.54, 1.807) is 36.5 Å². The van der Waals surface area contributed by atoms with E-state index >= 15 is 0 Å². The van der Waals surface area contributed by atoms with Crippen molar-refractivity contribution in [2.45, 2.75) is 35.0 Å². The smallest absolute Gasteiger partial charge is 0.270 e. The Labute approximate surface area is 213 Å². The van der Waals surface area contributed by atoms with E-state index in [0.717, 1.165) is 40.1 Å². The van der Waals surface area contributed by atoms with Gasteiger partial charge in [-0.25, -0.2) is 13.1 Å². The minimum atomic E-state index is -3.66. The molecule has 1 N–H and O–H groups in total. The highest BCUT2D eigenvalue weighted by atomic mass is 32.2. The van der Waals surface area contributed by atoms with Crippen LogP contribution in [0.15, 0.2) is 77.7 Å². The number of nitrogens with one attached hydrogen (secondary N) is 1. The van der Waals surface area contributed by atoms with Crippen LogP contribution in [0, 0.1) is 0 Å². The molecule has 0 bridgehead atoms. The lowest BCUT2D eigenvalue weighted by atomic mass is 10.0. The molecule has 36 heavy (non-hydrogen) atoms. The molecule has 1 amide bonds. The fraction of sp³-hybridized carbons (Fsp3) is 0.280. The summed E-state index contributed by atoms with van der Waals surface area (Å²) in [6, 6.07) is 16.5. The summed E-state index contributed by atoms with van der Waals surface area (Å²) in [6.45, 7) is 5.27. The number of pyridine rings is 1. The number of hydrogen-bond donors (Lipinski definition) is 1. The molecule has 4 heterocycles. The van der Waals surface area contributed by atoms with Crippen LogP contribution < -0.4 is 5.32 Å². The zero-order chi connectivity index (χ0) is 25.1. The third-order valence-corrected chi connectivity index (χ3v) is 9.99. The number of piperidine rings is 1. The first-order chi connectivity index (χ1) is 17.5. The number of amides is 1. The molecule has 0 aliphatic carbocycles. The summed E-state index contributed by atoms with van der Waals surface area (Å²) in [5.74, 6) is -0.305. The molecule has 186 valence electrons. The standard InChI is InChI=1S/C25H26N6O3S2/c1-2-23(30-15-12-18(13-16-30)31-22-9-4-3-7-20(22)28-29-31)36(33,34)24-11-10-19(35-24)17-27-25(32)21-8-5-6-14-26-21/h2-11,14,18,23H,1,12-13,15-17H2,(H,27,32). The van der Waals surface area contributed by atoms with Crippen molar-refractivity contribution in [2.75, 3.05) is 13.1 Å². The van der Waals surface area contributed by atoms with Crippen molar-refractivity contribution in [1.29, 1.82) is 0 Å². The number of para-hydroxylation sites is 1. The molecule has 1 atom stereocenters. The van der Waals surface area contributed by atoms with Crippen molar-refractivity contribution in [2.24, 2.45) is 0 Å². The van der Waals surface area contributed by atoms with Gasteiger partial charge in [0.25, 0.3) is 5.91 Å². The molecule has 1 unspecified atom stereocenters. The highest BCUT2D eigenvalue weighted by Gasteiger charge is 2.35. The molecular weight excluding hydrogens is 496 g/mol. The van der Waals surface area contributed by atoms with E-state index in [9.17, 15) is 13.2 Å². The quantitative estimate of drug-likeness (QED) is 0.353. The Morgan fingerprint density at radius 3 is 2.67 bits per heavy atom. The Bertz CT molecular complexity index is 1470. The third kappa shape index (κ3) is 4.81. The number of benzene rings is 1. The minimum absolute atomic E-state index is 0.165. The fourth-order valence-electron chi connectivity index (χ4n) is 4.49. The molecule has 0 spiro atoms. The van der Waals surface area contributed by atoms with Crippen LogP contribution in [0.5, 0.6) is 0 Å². The highest BCUT2D eigenvalue weighted by Crippen LogP contribution is 2.31. The van der Waals surface area contributed by atoms with Crippen molar-refractivity contribution < 1.29 is 13.2 Å². The van der Waals surface area contributed by atoms with Crippen molar-refractivity contribution in [1.82, 2.24) is 30.2 Å². The number of hydrogen-bond acceptors (Lipinski definition) is 8. The molecule has 0 saturated carbocycles. The number of sulfone groups is 1. The Balaban J connectivity index is 1.23. The van der Waals surface area contributed by atoms with E-state index in [-0.39, 0.29) is 22.7 Å². The van der Waals surface area contributed by atoms with Crippen molar-refractivity contribution in [3.63, 3.8) is 0 Å². The first-order valence-electron chi connectivity index (χ1n) is 11.7. The lowest BCUT2D eigenvalue weighted by Crippen LogP contribution is -2.44. The van der Waals surface area contributed by atoms with Gasteiger partial charge >= 0.3 is 0 Å². The average Bonchev–Trinajstić information content (AvgIpc) is 3.57. The third-order valence-electron chi connectivity index (χ3n) is 6.34. The molecule has 1 aromatic carbocycles. The molecule has 3 aromatic heterocycles.